The van der Waals surface area contributed by atoms with Gasteiger partial charge in [0.2, 0.25) is 5.91 Å². The molecule has 2 aromatic carbocycles. The van der Waals surface area contributed by atoms with Gasteiger partial charge in [-0.2, -0.15) is 0 Å². The number of amides is 2. The number of rotatable bonds is 9. The van der Waals surface area contributed by atoms with Crippen LogP contribution in [0.5, 0.6) is 5.75 Å². The Kier molecular flexibility index (Phi) is 7.57. The number of benzene rings is 2. The van der Waals surface area contributed by atoms with Gasteiger partial charge in [-0.25, -0.2) is 4.39 Å². The molecule has 0 aliphatic carbocycles. The van der Waals surface area contributed by atoms with E-state index in [2.05, 4.69) is 5.32 Å². The van der Waals surface area contributed by atoms with Crippen LogP contribution in [0, 0.1) is 5.82 Å². The van der Waals surface area contributed by atoms with Gasteiger partial charge in [0, 0.05) is 11.4 Å². The van der Waals surface area contributed by atoms with Crippen LogP contribution in [0.15, 0.2) is 66.0 Å². The lowest BCUT2D eigenvalue weighted by Crippen LogP contribution is -2.40. The number of thiophene rings is 1. The Bertz CT molecular complexity index is 974. The van der Waals surface area contributed by atoms with E-state index in [0.29, 0.717) is 24.4 Å². The molecule has 0 bridgehead atoms. The summed E-state index contributed by atoms with van der Waals surface area (Å²) in [5, 5.41) is 4.79. The number of halogens is 1. The van der Waals surface area contributed by atoms with Gasteiger partial charge in [0.1, 0.15) is 18.2 Å². The largest absolute Gasteiger partial charge is 0.488 e. The Hall–Kier alpha value is -3.19. The Morgan fingerprint density at radius 2 is 1.83 bits per heavy atom. The van der Waals surface area contributed by atoms with Gasteiger partial charge < -0.3 is 15.0 Å². The summed E-state index contributed by atoms with van der Waals surface area (Å²) in [5.41, 5.74) is 1.17. The van der Waals surface area contributed by atoms with Crippen LogP contribution in [-0.2, 0) is 17.9 Å². The number of hydrogen-bond acceptors (Lipinski definition) is 4. The van der Waals surface area contributed by atoms with Gasteiger partial charge in [-0.1, -0.05) is 30.3 Å². The lowest BCUT2D eigenvalue weighted by atomic mass is 10.1. The zero-order chi connectivity index (χ0) is 21.3. The van der Waals surface area contributed by atoms with Crippen LogP contribution >= 0.6 is 11.3 Å². The van der Waals surface area contributed by atoms with Crippen LogP contribution in [0.1, 0.15) is 27.7 Å². The van der Waals surface area contributed by atoms with E-state index < -0.39 is 0 Å². The summed E-state index contributed by atoms with van der Waals surface area (Å²) in [6.45, 7) is 2.83. The molecule has 1 N–H and O–H groups in total. The molecule has 0 atom stereocenters. The fourth-order valence-corrected chi connectivity index (χ4v) is 3.48. The number of carbonyl (C=O) groups is 2. The summed E-state index contributed by atoms with van der Waals surface area (Å²) in [6.07, 6.45) is 0. The topological polar surface area (TPSA) is 58.6 Å². The van der Waals surface area contributed by atoms with Gasteiger partial charge in [0.15, 0.2) is 0 Å². The highest BCUT2D eigenvalue weighted by atomic mass is 32.1. The minimum atomic E-state index is -0.315. The van der Waals surface area contributed by atoms with E-state index in [1.54, 1.807) is 47.7 Å². The second-order valence-electron chi connectivity index (χ2n) is 6.59. The molecule has 3 aromatic rings. The molecule has 2 amide bonds. The lowest BCUT2D eigenvalue weighted by Gasteiger charge is -2.22. The van der Waals surface area contributed by atoms with Crippen molar-refractivity contribution in [1.82, 2.24) is 10.2 Å². The Balaban J connectivity index is 1.63. The number of nitrogens with one attached hydrogen (secondary N) is 1. The average Bonchev–Trinajstić information content (AvgIpc) is 3.29. The van der Waals surface area contributed by atoms with Crippen molar-refractivity contribution in [3.8, 4) is 5.75 Å². The molecule has 5 nitrogen and oxygen atoms in total. The minimum absolute atomic E-state index is 0.0347. The van der Waals surface area contributed by atoms with Gasteiger partial charge in [0.05, 0.1) is 18.7 Å². The molecule has 3 rings (SSSR count). The zero-order valence-electron chi connectivity index (χ0n) is 16.6. The van der Waals surface area contributed by atoms with Crippen LogP contribution in [0.3, 0.4) is 0 Å². The van der Waals surface area contributed by atoms with Crippen LogP contribution in [0.25, 0.3) is 0 Å². The van der Waals surface area contributed by atoms with Crippen molar-refractivity contribution >= 4 is 23.2 Å². The zero-order valence-corrected chi connectivity index (χ0v) is 17.5. The second-order valence-corrected chi connectivity index (χ2v) is 7.62. The van der Waals surface area contributed by atoms with E-state index in [9.17, 15) is 14.0 Å². The average molecular weight is 427 g/mol. The molecule has 156 valence electrons. The Morgan fingerprint density at radius 3 is 2.53 bits per heavy atom. The number of nitrogens with zero attached hydrogens (tertiary/aromatic N) is 1. The van der Waals surface area contributed by atoms with Gasteiger partial charge in [-0.15, -0.1) is 11.3 Å². The minimum Gasteiger partial charge on any atom is -0.488 e. The first-order valence-corrected chi connectivity index (χ1v) is 10.5. The van der Waals surface area contributed by atoms with Crippen molar-refractivity contribution in [1.29, 1.82) is 0 Å². The molecular weight excluding hydrogens is 403 g/mol. The first-order chi connectivity index (χ1) is 14.6. The Morgan fingerprint density at radius 1 is 1.07 bits per heavy atom. The highest BCUT2D eigenvalue weighted by molar-refractivity contribution is 7.09. The molecule has 0 fully saturated rings. The number of para-hydroxylation sites is 1. The monoisotopic (exact) mass is 426 g/mol. The molecule has 0 unspecified atom stereocenters. The van der Waals surface area contributed by atoms with Crippen molar-refractivity contribution < 1.29 is 18.7 Å². The number of carbonyl (C=O) groups excluding carboxylic acids is 2. The van der Waals surface area contributed by atoms with E-state index in [1.165, 1.54) is 17.0 Å². The number of likely N-dealkylation sites (N-methyl/N-ethyl adjacent to an activating group) is 1. The van der Waals surface area contributed by atoms with Crippen LogP contribution in [0.4, 0.5) is 4.39 Å². The fraction of sp³-hybridized carbons (Fsp3) is 0.217. The summed E-state index contributed by atoms with van der Waals surface area (Å²) < 4.78 is 18.9. The molecule has 30 heavy (non-hydrogen) atoms. The summed E-state index contributed by atoms with van der Waals surface area (Å²) in [4.78, 5) is 27.9. The molecule has 0 aliphatic rings. The molecule has 1 aromatic heterocycles. The van der Waals surface area contributed by atoms with E-state index in [-0.39, 0.29) is 30.8 Å². The van der Waals surface area contributed by atoms with Crippen LogP contribution < -0.4 is 10.1 Å². The van der Waals surface area contributed by atoms with E-state index in [0.717, 1.165) is 10.4 Å². The molecule has 0 saturated heterocycles. The first kappa shape index (κ1) is 21.5. The highest BCUT2D eigenvalue weighted by Gasteiger charge is 2.20. The third kappa shape index (κ3) is 5.90. The summed E-state index contributed by atoms with van der Waals surface area (Å²) in [6, 6.07) is 16.8. The smallest absolute Gasteiger partial charge is 0.258 e. The van der Waals surface area contributed by atoms with Crippen molar-refractivity contribution in [3.05, 3.63) is 87.9 Å². The Labute approximate surface area is 179 Å². The summed E-state index contributed by atoms with van der Waals surface area (Å²) >= 11 is 1.57. The van der Waals surface area contributed by atoms with E-state index in [1.807, 2.05) is 24.4 Å². The van der Waals surface area contributed by atoms with Crippen molar-refractivity contribution in [2.45, 2.75) is 20.1 Å². The second kappa shape index (κ2) is 10.5. The molecule has 0 spiro atoms. The third-order valence-electron chi connectivity index (χ3n) is 4.47. The number of hydrogen-bond donors (Lipinski definition) is 1. The summed E-state index contributed by atoms with van der Waals surface area (Å²) in [5.74, 6) is -0.392. The summed E-state index contributed by atoms with van der Waals surface area (Å²) in [7, 11) is 0. The third-order valence-corrected chi connectivity index (χ3v) is 5.34. The predicted octanol–water partition coefficient (Wildman–Crippen LogP) is 4.24. The van der Waals surface area contributed by atoms with Crippen molar-refractivity contribution in [3.63, 3.8) is 0 Å². The maximum absolute atomic E-state index is 13.1. The van der Waals surface area contributed by atoms with E-state index in [4.69, 9.17) is 4.74 Å². The lowest BCUT2D eigenvalue weighted by molar-refractivity contribution is -0.121. The molecular formula is C23H23FN2O3S. The molecule has 1 heterocycles. The van der Waals surface area contributed by atoms with Gasteiger partial charge in [-0.3, -0.25) is 9.59 Å². The molecule has 0 radical (unpaired) electrons. The van der Waals surface area contributed by atoms with Gasteiger partial charge in [-0.05, 0) is 48.2 Å². The van der Waals surface area contributed by atoms with Gasteiger partial charge >= 0.3 is 0 Å². The number of ether oxygens (including phenoxy) is 1. The fourth-order valence-electron chi connectivity index (χ4n) is 2.84. The molecule has 0 saturated carbocycles. The predicted molar refractivity (Wildman–Crippen MR) is 115 cm³/mol. The molecule has 0 aliphatic heterocycles. The molecule has 7 heteroatoms. The quantitative estimate of drug-likeness (QED) is 0.557. The maximum atomic E-state index is 13.1. The maximum Gasteiger partial charge on any atom is 0.258 e. The van der Waals surface area contributed by atoms with Crippen LogP contribution in [0.2, 0.25) is 0 Å². The van der Waals surface area contributed by atoms with Crippen LogP contribution in [-0.4, -0.2) is 29.8 Å². The standard InChI is InChI=1S/C23H23FN2O3S/c1-2-26(15-22(27)25-14-19-6-5-13-30-19)23(28)20-7-3-4-8-21(20)29-16-17-9-11-18(24)12-10-17/h3-13H,2,14-16H2,1H3,(H,25,27). The normalized spacial score (nSPS) is 10.5. The van der Waals surface area contributed by atoms with Gasteiger partial charge in [0.25, 0.3) is 5.91 Å². The van der Waals surface area contributed by atoms with Crippen molar-refractivity contribution in [2.75, 3.05) is 13.1 Å². The first-order valence-electron chi connectivity index (χ1n) is 9.61. The van der Waals surface area contributed by atoms with E-state index >= 15 is 0 Å². The SMILES string of the molecule is CCN(CC(=O)NCc1cccs1)C(=O)c1ccccc1OCc1ccc(F)cc1. The highest BCUT2D eigenvalue weighted by Crippen LogP contribution is 2.21. The van der Waals surface area contributed by atoms with Crippen molar-refractivity contribution in [2.24, 2.45) is 0 Å².